The minimum atomic E-state index is 0. The smallest absolute Gasteiger partial charge is 0.239 e. The Morgan fingerprint density at radius 2 is 1.73 bits per heavy atom. The molecular formula is C23H30ClN3OS2. The normalized spacial score (nSPS) is 11.0. The summed E-state index contributed by atoms with van der Waals surface area (Å²) in [4.78, 5) is 23.1. The van der Waals surface area contributed by atoms with E-state index in [0.717, 1.165) is 38.8 Å². The van der Waals surface area contributed by atoms with E-state index in [1.165, 1.54) is 11.1 Å². The molecule has 0 radical (unpaired) electrons. The van der Waals surface area contributed by atoms with E-state index in [2.05, 4.69) is 76.2 Å². The lowest BCUT2D eigenvalue weighted by molar-refractivity contribution is -0.116. The average Bonchev–Trinajstić information content (AvgIpc) is 3.08. The van der Waals surface area contributed by atoms with Gasteiger partial charge in [0.2, 0.25) is 5.91 Å². The Morgan fingerprint density at radius 1 is 1.03 bits per heavy atom. The zero-order chi connectivity index (χ0) is 21.0. The molecule has 4 nitrogen and oxygen atoms in total. The van der Waals surface area contributed by atoms with Gasteiger partial charge in [0.1, 0.15) is 0 Å². The first kappa shape index (κ1) is 24.7. The lowest BCUT2D eigenvalue weighted by Gasteiger charge is -2.21. The molecule has 3 rings (SSSR count). The van der Waals surface area contributed by atoms with Gasteiger partial charge in [-0.1, -0.05) is 35.1 Å². The van der Waals surface area contributed by atoms with Crippen molar-refractivity contribution in [2.24, 2.45) is 0 Å². The third-order valence-electron chi connectivity index (χ3n) is 4.72. The zero-order valence-electron chi connectivity index (χ0n) is 18.3. The summed E-state index contributed by atoms with van der Waals surface area (Å²) in [5, 5.41) is 0.807. The van der Waals surface area contributed by atoms with Crippen molar-refractivity contribution in [3.63, 3.8) is 0 Å². The van der Waals surface area contributed by atoms with Gasteiger partial charge in [0.25, 0.3) is 0 Å². The van der Waals surface area contributed by atoms with E-state index >= 15 is 0 Å². The second-order valence-electron chi connectivity index (χ2n) is 7.73. The van der Waals surface area contributed by atoms with Crippen LogP contribution in [-0.2, 0) is 4.79 Å². The van der Waals surface area contributed by atoms with Crippen molar-refractivity contribution in [3.05, 3.63) is 53.1 Å². The molecule has 0 fully saturated rings. The average molecular weight is 464 g/mol. The monoisotopic (exact) mass is 463 g/mol. The molecule has 2 aromatic carbocycles. The number of thioether (sulfide) groups is 1. The first-order valence-corrected chi connectivity index (χ1v) is 11.7. The number of hydrogen-bond donors (Lipinski definition) is 0. The third-order valence-corrected chi connectivity index (χ3v) is 6.74. The van der Waals surface area contributed by atoms with E-state index in [-0.39, 0.29) is 18.3 Å². The summed E-state index contributed by atoms with van der Waals surface area (Å²) in [5.74, 6) is 0.529. The Bertz CT molecular complexity index is 986. The molecule has 1 amide bonds. The summed E-state index contributed by atoms with van der Waals surface area (Å²) in [6, 6.07) is 12.6. The number of hydrogen-bond acceptors (Lipinski definition) is 5. The van der Waals surface area contributed by atoms with E-state index < -0.39 is 0 Å². The second kappa shape index (κ2) is 11.1. The van der Waals surface area contributed by atoms with Crippen LogP contribution < -0.4 is 4.90 Å². The van der Waals surface area contributed by atoms with Crippen molar-refractivity contribution in [1.82, 2.24) is 9.88 Å². The summed E-state index contributed by atoms with van der Waals surface area (Å²) in [5.41, 5.74) is 4.63. The minimum Gasteiger partial charge on any atom is -0.309 e. The van der Waals surface area contributed by atoms with Crippen LogP contribution in [0.3, 0.4) is 0 Å². The lowest BCUT2D eigenvalue weighted by atomic mass is 10.1. The minimum absolute atomic E-state index is 0. The van der Waals surface area contributed by atoms with Gasteiger partial charge in [0.05, 0.1) is 16.0 Å². The Morgan fingerprint density at radius 3 is 2.40 bits per heavy atom. The van der Waals surface area contributed by atoms with E-state index in [1.54, 1.807) is 23.1 Å². The highest BCUT2D eigenvalue weighted by molar-refractivity contribution is 8.00. The molecule has 30 heavy (non-hydrogen) atoms. The van der Waals surface area contributed by atoms with Crippen LogP contribution in [0.4, 0.5) is 5.13 Å². The van der Waals surface area contributed by atoms with E-state index in [4.69, 9.17) is 4.98 Å². The van der Waals surface area contributed by atoms with Crippen LogP contribution in [0.1, 0.15) is 23.1 Å². The lowest BCUT2D eigenvalue weighted by Crippen LogP contribution is -2.34. The van der Waals surface area contributed by atoms with Crippen LogP contribution in [0.25, 0.3) is 10.2 Å². The van der Waals surface area contributed by atoms with Gasteiger partial charge in [-0.25, -0.2) is 4.98 Å². The fraction of sp³-hybridized carbons (Fsp3) is 0.391. The first-order chi connectivity index (χ1) is 13.8. The molecule has 0 aliphatic heterocycles. The molecule has 0 saturated carbocycles. The fourth-order valence-electron chi connectivity index (χ4n) is 3.20. The molecule has 0 aliphatic carbocycles. The van der Waals surface area contributed by atoms with Gasteiger partial charge in [-0.2, -0.15) is 0 Å². The van der Waals surface area contributed by atoms with Crippen molar-refractivity contribution < 1.29 is 4.79 Å². The number of aromatic nitrogens is 1. The van der Waals surface area contributed by atoms with Crippen molar-refractivity contribution in [3.8, 4) is 0 Å². The summed E-state index contributed by atoms with van der Waals surface area (Å²) in [6.07, 6.45) is 0.919. The molecule has 0 atom stereocenters. The Balaban J connectivity index is 0.00000320. The van der Waals surface area contributed by atoms with Crippen molar-refractivity contribution in [2.75, 3.05) is 37.8 Å². The number of benzene rings is 2. The standard InChI is InChI=1S/C23H29N3OS2.ClH/c1-16-7-9-19(10-8-16)28-15-21(27)26(12-6-11-25(4)5)23-24-22-18(3)13-17(2)14-20(22)29-23;/h7-10,13-14H,6,11-12,15H2,1-5H3;1H. The zero-order valence-corrected chi connectivity index (χ0v) is 20.7. The quantitative estimate of drug-likeness (QED) is 0.400. The van der Waals surface area contributed by atoms with Gasteiger partial charge < -0.3 is 4.90 Å². The number of carbonyl (C=O) groups excluding carboxylic acids is 1. The maximum Gasteiger partial charge on any atom is 0.239 e. The molecule has 0 saturated heterocycles. The highest BCUT2D eigenvalue weighted by Gasteiger charge is 2.20. The SMILES string of the molecule is Cc1ccc(SCC(=O)N(CCCN(C)C)c2nc3c(C)cc(C)cc3s2)cc1.Cl. The maximum atomic E-state index is 13.1. The third kappa shape index (κ3) is 6.45. The number of halogens is 1. The first-order valence-electron chi connectivity index (χ1n) is 9.86. The molecule has 0 N–H and O–H groups in total. The Labute approximate surface area is 194 Å². The molecule has 0 bridgehead atoms. The molecular weight excluding hydrogens is 434 g/mol. The van der Waals surface area contributed by atoms with E-state index in [0.29, 0.717) is 12.3 Å². The maximum absolute atomic E-state index is 13.1. The predicted molar refractivity (Wildman–Crippen MR) is 134 cm³/mol. The molecule has 162 valence electrons. The predicted octanol–water partition coefficient (Wildman–Crippen LogP) is 5.72. The summed E-state index contributed by atoms with van der Waals surface area (Å²) in [7, 11) is 4.12. The summed E-state index contributed by atoms with van der Waals surface area (Å²) in [6.45, 7) is 7.89. The van der Waals surface area contributed by atoms with Gasteiger partial charge in [-0.15, -0.1) is 24.2 Å². The topological polar surface area (TPSA) is 36.4 Å². The molecule has 0 aliphatic rings. The highest BCUT2D eigenvalue weighted by Crippen LogP contribution is 2.32. The van der Waals surface area contributed by atoms with Crippen LogP contribution >= 0.6 is 35.5 Å². The molecule has 0 unspecified atom stereocenters. The summed E-state index contributed by atoms with van der Waals surface area (Å²) < 4.78 is 1.15. The van der Waals surface area contributed by atoms with Crippen LogP contribution in [-0.4, -0.2) is 48.7 Å². The number of amides is 1. The Hall–Kier alpha value is -1.60. The molecule has 0 spiro atoms. The second-order valence-corrected chi connectivity index (χ2v) is 9.79. The van der Waals surface area contributed by atoms with Gasteiger partial charge in [-0.3, -0.25) is 9.69 Å². The molecule has 1 heterocycles. The molecule has 3 aromatic rings. The number of thiazole rings is 1. The van der Waals surface area contributed by atoms with Gasteiger partial charge in [0.15, 0.2) is 5.13 Å². The molecule has 1 aromatic heterocycles. The van der Waals surface area contributed by atoms with Crippen LogP contribution in [0.15, 0.2) is 41.3 Å². The van der Waals surface area contributed by atoms with Crippen LogP contribution in [0.2, 0.25) is 0 Å². The van der Waals surface area contributed by atoms with Gasteiger partial charge in [-0.05, 0) is 77.2 Å². The molecule has 7 heteroatoms. The number of fused-ring (bicyclic) bond motifs is 1. The van der Waals surface area contributed by atoms with Gasteiger partial charge in [0, 0.05) is 11.4 Å². The highest BCUT2D eigenvalue weighted by atomic mass is 35.5. The number of nitrogens with zero attached hydrogens (tertiary/aromatic N) is 3. The largest absolute Gasteiger partial charge is 0.309 e. The van der Waals surface area contributed by atoms with Gasteiger partial charge >= 0.3 is 0 Å². The number of rotatable bonds is 8. The van der Waals surface area contributed by atoms with Crippen molar-refractivity contribution in [2.45, 2.75) is 32.1 Å². The van der Waals surface area contributed by atoms with Crippen LogP contribution in [0, 0.1) is 20.8 Å². The van der Waals surface area contributed by atoms with E-state index in [9.17, 15) is 4.79 Å². The fourth-order valence-corrected chi connectivity index (χ4v) is 5.16. The van der Waals surface area contributed by atoms with Crippen LogP contribution in [0.5, 0.6) is 0 Å². The van der Waals surface area contributed by atoms with Crippen molar-refractivity contribution in [1.29, 1.82) is 0 Å². The number of anilines is 1. The number of aryl methyl sites for hydroxylation is 3. The van der Waals surface area contributed by atoms with Crippen molar-refractivity contribution >= 4 is 56.8 Å². The Kier molecular flexibility index (Phi) is 9.16. The number of carbonyl (C=O) groups is 1. The van der Waals surface area contributed by atoms with E-state index in [1.807, 2.05) is 4.90 Å². The summed E-state index contributed by atoms with van der Waals surface area (Å²) >= 11 is 3.20.